The fourth-order valence-corrected chi connectivity index (χ4v) is 3.04. The minimum absolute atomic E-state index is 0.00601. The molecule has 1 heterocycles. The van der Waals surface area contributed by atoms with E-state index in [9.17, 15) is 22.4 Å². The summed E-state index contributed by atoms with van der Waals surface area (Å²) >= 11 is 0. The van der Waals surface area contributed by atoms with Crippen molar-refractivity contribution >= 4 is 5.91 Å². The van der Waals surface area contributed by atoms with Crippen LogP contribution in [0.1, 0.15) is 28.3 Å². The highest BCUT2D eigenvalue weighted by molar-refractivity contribution is 5.94. The van der Waals surface area contributed by atoms with Crippen molar-refractivity contribution in [2.45, 2.75) is 18.4 Å². The molecule has 3 nitrogen and oxygen atoms in total. The van der Waals surface area contributed by atoms with Crippen molar-refractivity contribution in [3.63, 3.8) is 0 Å². The summed E-state index contributed by atoms with van der Waals surface area (Å²) in [5.74, 6) is -4.78. The van der Waals surface area contributed by atoms with E-state index >= 15 is 0 Å². The second-order valence-corrected chi connectivity index (χ2v) is 5.98. The number of amides is 1. The van der Waals surface area contributed by atoms with Gasteiger partial charge in [0.05, 0.1) is 0 Å². The minimum atomic E-state index is -1.11. The number of carbonyl (C=O) groups excluding carboxylic acids is 1. The van der Waals surface area contributed by atoms with Crippen LogP contribution in [0.4, 0.5) is 17.6 Å². The van der Waals surface area contributed by atoms with Crippen molar-refractivity contribution < 1.29 is 22.4 Å². The average Bonchev–Trinajstić information content (AvgIpc) is 2.60. The second kappa shape index (κ2) is 7.23. The van der Waals surface area contributed by atoms with Crippen LogP contribution in [0.5, 0.6) is 0 Å². The third kappa shape index (κ3) is 3.82. The Labute approximate surface area is 142 Å². The largest absolute Gasteiger partial charge is 0.347 e. The summed E-state index contributed by atoms with van der Waals surface area (Å²) in [6, 6.07) is 6.19. The molecule has 0 aromatic heterocycles. The van der Waals surface area contributed by atoms with Crippen molar-refractivity contribution in [1.29, 1.82) is 0 Å². The predicted molar refractivity (Wildman–Crippen MR) is 84.2 cm³/mol. The number of hydrogen-bond donors (Lipinski definition) is 2. The molecule has 7 heteroatoms. The van der Waals surface area contributed by atoms with Gasteiger partial charge in [-0.1, -0.05) is 6.07 Å². The Balaban J connectivity index is 1.79. The van der Waals surface area contributed by atoms with Crippen molar-refractivity contribution in [2.24, 2.45) is 0 Å². The number of rotatable bonds is 3. The third-order valence-electron chi connectivity index (χ3n) is 4.35. The number of piperidine rings is 1. The molecule has 2 N–H and O–H groups in total. The van der Waals surface area contributed by atoms with Gasteiger partial charge in [-0.3, -0.25) is 4.79 Å². The highest BCUT2D eigenvalue weighted by atomic mass is 19.2. The van der Waals surface area contributed by atoms with Crippen molar-refractivity contribution in [1.82, 2.24) is 10.6 Å². The van der Waals surface area contributed by atoms with E-state index in [-0.39, 0.29) is 17.5 Å². The number of benzene rings is 2. The molecule has 2 atom stereocenters. The van der Waals surface area contributed by atoms with Crippen molar-refractivity contribution in [3.05, 3.63) is 70.8 Å². The van der Waals surface area contributed by atoms with Gasteiger partial charge in [-0.15, -0.1) is 0 Å². The number of nitrogens with one attached hydrogen (secondary N) is 2. The zero-order valence-corrected chi connectivity index (χ0v) is 13.2. The molecular weight excluding hydrogens is 336 g/mol. The van der Waals surface area contributed by atoms with Gasteiger partial charge < -0.3 is 10.6 Å². The van der Waals surface area contributed by atoms with Crippen LogP contribution >= 0.6 is 0 Å². The van der Waals surface area contributed by atoms with E-state index in [0.717, 1.165) is 24.3 Å². The molecule has 0 aliphatic carbocycles. The molecule has 1 amide bonds. The van der Waals surface area contributed by atoms with Crippen LogP contribution in [-0.4, -0.2) is 25.0 Å². The first-order valence-electron chi connectivity index (χ1n) is 7.87. The molecule has 25 heavy (non-hydrogen) atoms. The van der Waals surface area contributed by atoms with Gasteiger partial charge in [0.25, 0.3) is 5.91 Å². The monoisotopic (exact) mass is 352 g/mol. The topological polar surface area (TPSA) is 41.1 Å². The van der Waals surface area contributed by atoms with Gasteiger partial charge in [0.1, 0.15) is 0 Å². The van der Waals surface area contributed by atoms with E-state index in [0.29, 0.717) is 25.1 Å². The van der Waals surface area contributed by atoms with Crippen LogP contribution < -0.4 is 10.6 Å². The summed E-state index contributed by atoms with van der Waals surface area (Å²) in [6.07, 6.45) is 0.619. The highest BCUT2D eigenvalue weighted by Gasteiger charge is 2.28. The molecule has 0 spiro atoms. The molecule has 0 saturated carbocycles. The highest BCUT2D eigenvalue weighted by Crippen LogP contribution is 2.27. The Hall–Kier alpha value is -2.41. The standard InChI is InChI=1S/C18H16F4N2O/c19-13-3-1-10(7-15(13)21)12-5-6-23-9-17(12)24-18(25)11-2-4-14(20)16(22)8-11/h1-4,7-8,12,17,23H,5-6,9H2,(H,24,25). The first kappa shape index (κ1) is 17.4. The molecule has 1 aliphatic heterocycles. The van der Waals surface area contributed by atoms with E-state index in [4.69, 9.17) is 0 Å². The van der Waals surface area contributed by atoms with E-state index in [1.807, 2.05) is 0 Å². The Bertz CT molecular complexity index is 797. The lowest BCUT2D eigenvalue weighted by Gasteiger charge is -2.33. The first-order valence-corrected chi connectivity index (χ1v) is 7.87. The van der Waals surface area contributed by atoms with Crippen LogP contribution in [0.2, 0.25) is 0 Å². The summed E-state index contributed by atoms with van der Waals surface area (Å²) in [5, 5.41) is 5.88. The maximum atomic E-state index is 13.5. The minimum Gasteiger partial charge on any atom is -0.347 e. The van der Waals surface area contributed by atoms with Gasteiger partial charge in [0.2, 0.25) is 0 Å². The van der Waals surface area contributed by atoms with Crippen LogP contribution in [-0.2, 0) is 0 Å². The van der Waals surface area contributed by atoms with Gasteiger partial charge in [-0.25, -0.2) is 17.6 Å². The zero-order valence-electron chi connectivity index (χ0n) is 13.2. The smallest absolute Gasteiger partial charge is 0.251 e. The molecule has 2 aromatic rings. The van der Waals surface area contributed by atoms with Crippen molar-refractivity contribution in [3.8, 4) is 0 Å². The van der Waals surface area contributed by atoms with Gasteiger partial charge in [-0.05, 0) is 48.9 Å². The Morgan fingerprint density at radius 1 is 0.960 bits per heavy atom. The fourth-order valence-electron chi connectivity index (χ4n) is 3.04. The molecule has 0 radical (unpaired) electrons. The predicted octanol–water partition coefficient (Wildman–Crippen LogP) is 3.12. The van der Waals surface area contributed by atoms with Crippen LogP contribution in [0.15, 0.2) is 36.4 Å². The van der Waals surface area contributed by atoms with Gasteiger partial charge in [0, 0.05) is 24.1 Å². The van der Waals surface area contributed by atoms with Gasteiger partial charge in [0.15, 0.2) is 23.3 Å². The van der Waals surface area contributed by atoms with E-state index in [1.165, 1.54) is 12.1 Å². The molecule has 2 unspecified atom stereocenters. The van der Waals surface area contributed by atoms with E-state index in [2.05, 4.69) is 10.6 Å². The maximum Gasteiger partial charge on any atom is 0.251 e. The molecule has 132 valence electrons. The first-order chi connectivity index (χ1) is 12.0. The molecule has 2 aromatic carbocycles. The van der Waals surface area contributed by atoms with E-state index < -0.39 is 29.2 Å². The SMILES string of the molecule is O=C(NC1CNCCC1c1ccc(F)c(F)c1)c1ccc(F)c(F)c1. The molecule has 0 bridgehead atoms. The van der Waals surface area contributed by atoms with Crippen LogP contribution in [0, 0.1) is 23.3 Å². The summed E-state index contributed by atoms with van der Waals surface area (Å²) in [6.45, 7) is 1.10. The third-order valence-corrected chi connectivity index (χ3v) is 4.35. The molecule has 1 fully saturated rings. The lowest BCUT2D eigenvalue weighted by atomic mass is 9.85. The van der Waals surface area contributed by atoms with Crippen LogP contribution in [0.25, 0.3) is 0 Å². The summed E-state index contributed by atoms with van der Waals surface area (Å²) in [4.78, 5) is 12.3. The molecule has 1 aliphatic rings. The number of hydrogen-bond acceptors (Lipinski definition) is 2. The van der Waals surface area contributed by atoms with E-state index in [1.54, 1.807) is 0 Å². The molecule has 1 saturated heterocycles. The maximum absolute atomic E-state index is 13.5. The Morgan fingerprint density at radius 2 is 1.64 bits per heavy atom. The molecule has 3 rings (SSSR count). The summed E-state index contributed by atoms with van der Waals surface area (Å²) < 4.78 is 52.9. The summed E-state index contributed by atoms with van der Waals surface area (Å²) in [5.41, 5.74) is 0.574. The quantitative estimate of drug-likeness (QED) is 0.834. The second-order valence-electron chi connectivity index (χ2n) is 5.98. The number of halogens is 4. The Kier molecular flexibility index (Phi) is 5.03. The lowest BCUT2D eigenvalue weighted by Crippen LogP contribution is -2.50. The number of carbonyl (C=O) groups is 1. The van der Waals surface area contributed by atoms with Gasteiger partial charge >= 0.3 is 0 Å². The van der Waals surface area contributed by atoms with Gasteiger partial charge in [-0.2, -0.15) is 0 Å². The van der Waals surface area contributed by atoms with Crippen LogP contribution in [0.3, 0.4) is 0 Å². The normalized spacial score (nSPS) is 20.3. The summed E-state index contributed by atoms with van der Waals surface area (Å²) in [7, 11) is 0. The average molecular weight is 352 g/mol. The molecular formula is C18H16F4N2O. The lowest BCUT2D eigenvalue weighted by molar-refractivity contribution is 0.0924. The fraction of sp³-hybridized carbons (Fsp3) is 0.278. The van der Waals surface area contributed by atoms with Crippen molar-refractivity contribution in [2.75, 3.05) is 13.1 Å². The zero-order chi connectivity index (χ0) is 18.0. The Morgan fingerprint density at radius 3 is 2.32 bits per heavy atom.